The van der Waals surface area contributed by atoms with Gasteiger partial charge >= 0.3 is 0 Å². The molecule has 150 valence electrons. The molecule has 0 saturated carbocycles. The lowest BCUT2D eigenvalue weighted by Gasteiger charge is -2.15. The van der Waals surface area contributed by atoms with Crippen molar-refractivity contribution in [3.63, 3.8) is 0 Å². The Kier molecular flexibility index (Phi) is 5.05. The van der Waals surface area contributed by atoms with Crippen molar-refractivity contribution in [2.45, 2.75) is 19.9 Å². The van der Waals surface area contributed by atoms with Gasteiger partial charge in [-0.3, -0.25) is 24.1 Å². The van der Waals surface area contributed by atoms with E-state index in [4.69, 9.17) is 4.98 Å². The molecule has 8 nitrogen and oxygen atoms in total. The fourth-order valence-electron chi connectivity index (χ4n) is 3.23. The third kappa shape index (κ3) is 3.43. The molecule has 0 radical (unpaired) electrons. The van der Waals surface area contributed by atoms with Crippen molar-refractivity contribution in [1.29, 1.82) is 0 Å². The van der Waals surface area contributed by atoms with Crippen LogP contribution in [0.25, 0.3) is 33.4 Å². The molecule has 0 aliphatic rings. The lowest BCUT2D eigenvalue weighted by atomic mass is 10.1. The van der Waals surface area contributed by atoms with Crippen LogP contribution >= 0.6 is 0 Å². The lowest BCUT2D eigenvalue weighted by molar-refractivity contribution is -0.123. The number of carbonyl (C=O) groups is 1. The zero-order valence-electron chi connectivity index (χ0n) is 16.8. The van der Waals surface area contributed by atoms with Crippen LogP contribution in [0.3, 0.4) is 0 Å². The second kappa shape index (κ2) is 7.82. The van der Waals surface area contributed by atoms with Gasteiger partial charge in [-0.2, -0.15) is 0 Å². The fraction of sp³-hybridized carbons (Fsp3) is 0.182. The van der Waals surface area contributed by atoms with Gasteiger partial charge in [-0.05, 0) is 44.2 Å². The molecular weight excluding hydrogens is 380 g/mol. The normalized spacial score (nSPS) is 12.0. The summed E-state index contributed by atoms with van der Waals surface area (Å²) in [5.74, 6) is -0.275. The van der Waals surface area contributed by atoms with E-state index in [0.717, 1.165) is 16.8 Å². The van der Waals surface area contributed by atoms with Gasteiger partial charge in [0.25, 0.3) is 5.56 Å². The summed E-state index contributed by atoms with van der Waals surface area (Å²) < 4.78 is 1.32. The SMILES string of the molecule is CNC(=O)[C@H](C)n1cnc2c(-c3cccnc3)nc(-c3ccc(C)nc3)cc2c1=O. The first-order chi connectivity index (χ1) is 14.5. The minimum Gasteiger partial charge on any atom is -0.357 e. The molecule has 0 fully saturated rings. The summed E-state index contributed by atoms with van der Waals surface area (Å²) in [5.41, 5.74) is 3.69. The quantitative estimate of drug-likeness (QED) is 0.565. The Balaban J connectivity index is 2.02. The van der Waals surface area contributed by atoms with Crippen molar-refractivity contribution in [1.82, 2.24) is 29.8 Å². The fourth-order valence-corrected chi connectivity index (χ4v) is 3.23. The lowest BCUT2D eigenvalue weighted by Crippen LogP contribution is -2.34. The number of amides is 1. The highest BCUT2D eigenvalue weighted by Crippen LogP contribution is 2.28. The van der Waals surface area contributed by atoms with Crippen molar-refractivity contribution in [2.75, 3.05) is 7.05 Å². The highest BCUT2D eigenvalue weighted by atomic mass is 16.2. The first kappa shape index (κ1) is 19.4. The van der Waals surface area contributed by atoms with Gasteiger partial charge in [0.2, 0.25) is 5.91 Å². The van der Waals surface area contributed by atoms with Gasteiger partial charge in [0.15, 0.2) is 0 Å². The number of hydrogen-bond donors (Lipinski definition) is 1. The first-order valence-electron chi connectivity index (χ1n) is 9.46. The molecule has 1 amide bonds. The maximum atomic E-state index is 13.3. The Morgan fingerprint density at radius 2 is 1.97 bits per heavy atom. The van der Waals surface area contributed by atoms with Crippen molar-refractivity contribution < 1.29 is 4.79 Å². The minimum atomic E-state index is -0.695. The monoisotopic (exact) mass is 400 g/mol. The average Bonchev–Trinajstić information content (AvgIpc) is 2.79. The molecule has 4 aromatic rings. The molecule has 0 spiro atoms. The number of nitrogens with one attached hydrogen (secondary N) is 1. The summed E-state index contributed by atoms with van der Waals surface area (Å²) in [6, 6.07) is 8.47. The molecule has 30 heavy (non-hydrogen) atoms. The molecule has 8 heteroatoms. The van der Waals surface area contributed by atoms with Crippen LogP contribution in [0.2, 0.25) is 0 Å². The van der Waals surface area contributed by atoms with Gasteiger partial charge < -0.3 is 5.32 Å². The molecule has 1 atom stereocenters. The van der Waals surface area contributed by atoms with E-state index in [1.54, 1.807) is 37.6 Å². The van der Waals surface area contributed by atoms with E-state index < -0.39 is 6.04 Å². The Morgan fingerprint density at radius 1 is 1.13 bits per heavy atom. The van der Waals surface area contributed by atoms with E-state index in [1.807, 2.05) is 25.1 Å². The van der Waals surface area contributed by atoms with Crippen LogP contribution in [0, 0.1) is 6.92 Å². The Bertz CT molecular complexity index is 1280. The third-order valence-corrected chi connectivity index (χ3v) is 4.95. The van der Waals surface area contributed by atoms with Gasteiger partial charge in [0, 0.05) is 42.5 Å². The largest absolute Gasteiger partial charge is 0.357 e. The highest BCUT2D eigenvalue weighted by molar-refractivity contribution is 5.93. The molecule has 4 rings (SSSR count). The van der Waals surface area contributed by atoms with Gasteiger partial charge in [-0.1, -0.05) is 0 Å². The van der Waals surface area contributed by atoms with Crippen LogP contribution in [0.15, 0.2) is 60.0 Å². The number of fused-ring (bicyclic) bond motifs is 1. The van der Waals surface area contributed by atoms with E-state index in [0.29, 0.717) is 22.3 Å². The van der Waals surface area contributed by atoms with E-state index in [-0.39, 0.29) is 11.5 Å². The summed E-state index contributed by atoms with van der Waals surface area (Å²) in [6.45, 7) is 3.56. The molecule has 0 aromatic carbocycles. The van der Waals surface area contributed by atoms with Crippen molar-refractivity contribution >= 4 is 16.8 Å². The maximum Gasteiger partial charge on any atom is 0.262 e. The zero-order chi connectivity index (χ0) is 21.3. The Morgan fingerprint density at radius 3 is 2.63 bits per heavy atom. The summed E-state index contributed by atoms with van der Waals surface area (Å²) in [4.78, 5) is 43.1. The Hall–Kier alpha value is -3.94. The topological polar surface area (TPSA) is 103 Å². The Labute approximate surface area is 172 Å². The van der Waals surface area contributed by atoms with Crippen LogP contribution < -0.4 is 10.9 Å². The van der Waals surface area contributed by atoms with Gasteiger partial charge in [0.05, 0.1) is 23.1 Å². The predicted octanol–water partition coefficient (Wildman–Crippen LogP) is 2.53. The summed E-state index contributed by atoms with van der Waals surface area (Å²) in [5, 5.41) is 2.94. The molecule has 0 saturated heterocycles. The second-order valence-corrected chi connectivity index (χ2v) is 6.93. The van der Waals surface area contributed by atoms with Gasteiger partial charge in [-0.25, -0.2) is 9.97 Å². The molecule has 4 heterocycles. The maximum absolute atomic E-state index is 13.3. The number of pyridine rings is 3. The molecule has 0 aliphatic carbocycles. The van der Waals surface area contributed by atoms with Crippen LogP contribution in [0.1, 0.15) is 18.7 Å². The van der Waals surface area contributed by atoms with Crippen molar-refractivity contribution in [2.24, 2.45) is 0 Å². The number of nitrogens with zero attached hydrogens (tertiary/aromatic N) is 5. The predicted molar refractivity (Wildman–Crippen MR) is 114 cm³/mol. The van der Waals surface area contributed by atoms with Crippen LogP contribution in [0.4, 0.5) is 0 Å². The number of likely N-dealkylation sites (N-methyl/N-ethyl adjacent to an activating group) is 1. The molecular formula is C22H20N6O2. The van der Waals surface area contributed by atoms with Crippen molar-refractivity contribution in [3.05, 3.63) is 71.3 Å². The van der Waals surface area contributed by atoms with E-state index >= 15 is 0 Å². The van der Waals surface area contributed by atoms with Crippen molar-refractivity contribution in [3.8, 4) is 22.5 Å². The number of rotatable bonds is 4. The third-order valence-electron chi connectivity index (χ3n) is 4.95. The average molecular weight is 400 g/mol. The van der Waals surface area contributed by atoms with Gasteiger partial charge in [-0.15, -0.1) is 0 Å². The molecule has 0 aliphatic heterocycles. The second-order valence-electron chi connectivity index (χ2n) is 6.93. The van der Waals surface area contributed by atoms with Crippen LogP contribution in [0.5, 0.6) is 0 Å². The first-order valence-corrected chi connectivity index (χ1v) is 9.46. The van der Waals surface area contributed by atoms with Crippen LogP contribution in [-0.2, 0) is 4.79 Å². The zero-order valence-corrected chi connectivity index (χ0v) is 16.8. The number of carbonyl (C=O) groups excluding carboxylic acids is 1. The summed E-state index contributed by atoms with van der Waals surface area (Å²) in [7, 11) is 1.53. The summed E-state index contributed by atoms with van der Waals surface area (Å²) >= 11 is 0. The molecule has 4 aromatic heterocycles. The smallest absolute Gasteiger partial charge is 0.262 e. The van der Waals surface area contributed by atoms with Crippen LogP contribution in [-0.4, -0.2) is 37.5 Å². The molecule has 0 unspecified atom stereocenters. The van der Waals surface area contributed by atoms with E-state index in [1.165, 1.54) is 17.9 Å². The van der Waals surface area contributed by atoms with Gasteiger partial charge in [0.1, 0.15) is 11.6 Å². The molecule has 1 N–H and O–H groups in total. The summed E-state index contributed by atoms with van der Waals surface area (Å²) in [6.07, 6.45) is 6.46. The highest BCUT2D eigenvalue weighted by Gasteiger charge is 2.19. The molecule has 0 bridgehead atoms. The number of aromatic nitrogens is 5. The minimum absolute atomic E-state index is 0.275. The standard InChI is InChI=1S/C22H20N6O2/c1-13-6-7-15(11-25-13)18-9-17-20(19(27-18)16-5-4-8-24-10-16)26-12-28(22(17)30)14(2)21(29)23-3/h4-12,14H,1-3H3,(H,23,29)/t14-/m0/s1. The number of hydrogen-bond acceptors (Lipinski definition) is 6. The number of aryl methyl sites for hydroxylation is 1. The van der Waals surface area contributed by atoms with E-state index in [9.17, 15) is 9.59 Å². The van der Waals surface area contributed by atoms with E-state index in [2.05, 4.69) is 20.3 Å².